The molecule has 5 heteroatoms. The molecule has 2 rings (SSSR count). The van der Waals surface area contributed by atoms with Crippen LogP contribution in [0.3, 0.4) is 0 Å². The predicted octanol–water partition coefficient (Wildman–Crippen LogP) is 3.37. The summed E-state index contributed by atoms with van der Waals surface area (Å²) in [5.74, 6) is 2.93. The Morgan fingerprint density at radius 2 is 2.11 bits per heavy atom. The van der Waals surface area contributed by atoms with E-state index in [9.17, 15) is 0 Å². The zero-order valence-electron chi connectivity index (χ0n) is 11.4. The minimum atomic E-state index is -0.0736. The third kappa shape index (κ3) is 3.29. The van der Waals surface area contributed by atoms with Crippen LogP contribution in [0.2, 0.25) is 5.15 Å². The van der Waals surface area contributed by atoms with E-state index in [1.54, 1.807) is 0 Å². The van der Waals surface area contributed by atoms with Crippen molar-refractivity contribution in [3.05, 3.63) is 17.0 Å². The lowest BCUT2D eigenvalue weighted by Crippen LogP contribution is -2.37. The SMILES string of the molecule is CC1CN(c2cc(Cl)nc(C(C)(C)C)n2)CCS1. The van der Waals surface area contributed by atoms with E-state index in [1.807, 2.05) is 17.8 Å². The Balaban J connectivity index is 2.30. The summed E-state index contributed by atoms with van der Waals surface area (Å²) < 4.78 is 0. The molecule has 2 heterocycles. The van der Waals surface area contributed by atoms with E-state index in [4.69, 9.17) is 11.6 Å². The molecule has 0 bridgehead atoms. The Kier molecular flexibility index (Phi) is 4.07. The van der Waals surface area contributed by atoms with Crippen LogP contribution in [0.25, 0.3) is 0 Å². The minimum absolute atomic E-state index is 0.0736. The van der Waals surface area contributed by atoms with E-state index in [0.717, 1.165) is 30.5 Å². The van der Waals surface area contributed by atoms with E-state index in [2.05, 4.69) is 42.6 Å². The molecule has 100 valence electrons. The van der Waals surface area contributed by atoms with Gasteiger partial charge < -0.3 is 4.90 Å². The number of nitrogens with zero attached hydrogens (tertiary/aromatic N) is 3. The van der Waals surface area contributed by atoms with Crippen LogP contribution in [0, 0.1) is 0 Å². The molecular weight excluding hydrogens is 266 g/mol. The molecule has 3 nitrogen and oxygen atoms in total. The maximum absolute atomic E-state index is 6.13. The molecule has 1 aromatic rings. The first-order valence-corrected chi connectivity index (χ1v) is 7.70. The molecule has 1 aromatic heterocycles. The highest BCUT2D eigenvalue weighted by molar-refractivity contribution is 8.00. The fraction of sp³-hybridized carbons (Fsp3) is 0.692. The third-order valence-corrected chi connectivity index (χ3v) is 4.25. The highest BCUT2D eigenvalue weighted by atomic mass is 35.5. The first kappa shape index (κ1) is 13.9. The number of hydrogen-bond acceptors (Lipinski definition) is 4. The summed E-state index contributed by atoms with van der Waals surface area (Å²) in [6.07, 6.45) is 0. The number of anilines is 1. The largest absolute Gasteiger partial charge is 0.355 e. The molecule has 0 saturated carbocycles. The first-order chi connectivity index (χ1) is 8.36. The van der Waals surface area contributed by atoms with Crippen molar-refractivity contribution in [2.24, 2.45) is 0 Å². The number of hydrogen-bond donors (Lipinski definition) is 0. The van der Waals surface area contributed by atoms with E-state index < -0.39 is 0 Å². The van der Waals surface area contributed by atoms with Gasteiger partial charge in [-0.05, 0) is 0 Å². The lowest BCUT2D eigenvalue weighted by atomic mass is 9.96. The summed E-state index contributed by atoms with van der Waals surface area (Å²) in [5.41, 5.74) is -0.0736. The van der Waals surface area contributed by atoms with E-state index in [-0.39, 0.29) is 5.41 Å². The molecule has 0 N–H and O–H groups in total. The quantitative estimate of drug-likeness (QED) is 0.740. The summed E-state index contributed by atoms with van der Waals surface area (Å²) in [6.45, 7) is 10.6. The molecule has 1 aliphatic rings. The van der Waals surface area contributed by atoms with Crippen LogP contribution in [0.4, 0.5) is 5.82 Å². The Morgan fingerprint density at radius 3 is 2.72 bits per heavy atom. The summed E-state index contributed by atoms with van der Waals surface area (Å²) in [4.78, 5) is 11.3. The molecule has 0 aromatic carbocycles. The van der Waals surface area contributed by atoms with Crippen molar-refractivity contribution in [2.45, 2.75) is 38.4 Å². The van der Waals surface area contributed by atoms with E-state index in [0.29, 0.717) is 10.4 Å². The molecule has 0 spiro atoms. The summed E-state index contributed by atoms with van der Waals surface area (Å²) in [7, 11) is 0. The van der Waals surface area contributed by atoms with Gasteiger partial charge in [-0.1, -0.05) is 39.3 Å². The Hall–Kier alpha value is -0.480. The summed E-state index contributed by atoms with van der Waals surface area (Å²) >= 11 is 8.14. The van der Waals surface area contributed by atoms with Gasteiger partial charge in [0.05, 0.1) is 0 Å². The van der Waals surface area contributed by atoms with Crippen molar-refractivity contribution < 1.29 is 0 Å². The van der Waals surface area contributed by atoms with Crippen molar-refractivity contribution in [3.8, 4) is 0 Å². The van der Waals surface area contributed by atoms with Crippen LogP contribution >= 0.6 is 23.4 Å². The van der Waals surface area contributed by atoms with Crippen LogP contribution in [-0.4, -0.2) is 34.1 Å². The van der Waals surface area contributed by atoms with Crippen molar-refractivity contribution in [1.82, 2.24) is 9.97 Å². The molecule has 1 saturated heterocycles. The van der Waals surface area contributed by atoms with E-state index >= 15 is 0 Å². The molecule has 0 amide bonds. The zero-order chi connectivity index (χ0) is 13.3. The summed E-state index contributed by atoms with van der Waals surface area (Å²) in [6, 6.07) is 1.87. The van der Waals surface area contributed by atoms with Gasteiger partial charge in [0.25, 0.3) is 0 Å². The molecule has 0 aliphatic carbocycles. The highest BCUT2D eigenvalue weighted by Crippen LogP contribution is 2.27. The van der Waals surface area contributed by atoms with Gasteiger partial charge in [-0.25, -0.2) is 9.97 Å². The summed E-state index contributed by atoms with van der Waals surface area (Å²) in [5, 5.41) is 1.18. The zero-order valence-corrected chi connectivity index (χ0v) is 13.0. The second-order valence-electron chi connectivity index (χ2n) is 5.75. The second kappa shape index (κ2) is 5.25. The van der Waals surface area contributed by atoms with Gasteiger partial charge in [-0.15, -0.1) is 0 Å². The van der Waals surface area contributed by atoms with Gasteiger partial charge in [0.1, 0.15) is 16.8 Å². The Morgan fingerprint density at radius 1 is 1.39 bits per heavy atom. The monoisotopic (exact) mass is 285 g/mol. The molecular formula is C13H20ClN3S. The number of rotatable bonds is 1. The number of halogens is 1. The van der Waals surface area contributed by atoms with Crippen LogP contribution < -0.4 is 4.90 Å². The Bertz CT molecular complexity index is 431. The highest BCUT2D eigenvalue weighted by Gasteiger charge is 2.23. The predicted molar refractivity (Wildman–Crippen MR) is 79.9 cm³/mol. The molecule has 1 fully saturated rings. The van der Waals surface area contributed by atoms with Crippen molar-refractivity contribution in [2.75, 3.05) is 23.7 Å². The van der Waals surface area contributed by atoms with Gasteiger partial charge in [-0.3, -0.25) is 0 Å². The standard InChI is InChI=1S/C13H20ClN3S/c1-9-8-17(5-6-18-9)11-7-10(14)15-12(16-11)13(2,3)4/h7,9H,5-6,8H2,1-4H3. The molecule has 1 unspecified atom stereocenters. The van der Waals surface area contributed by atoms with Crippen LogP contribution in [0.15, 0.2) is 6.07 Å². The average molecular weight is 286 g/mol. The lowest BCUT2D eigenvalue weighted by Gasteiger charge is -2.32. The van der Waals surface area contributed by atoms with Gasteiger partial charge in [-0.2, -0.15) is 11.8 Å². The third-order valence-electron chi connectivity index (χ3n) is 2.92. The maximum atomic E-state index is 6.13. The smallest absolute Gasteiger partial charge is 0.137 e. The van der Waals surface area contributed by atoms with Gasteiger partial charge >= 0.3 is 0 Å². The fourth-order valence-corrected chi connectivity index (χ4v) is 3.12. The normalized spacial score (nSPS) is 21.2. The average Bonchev–Trinajstić information content (AvgIpc) is 2.27. The fourth-order valence-electron chi connectivity index (χ4n) is 1.93. The number of aromatic nitrogens is 2. The maximum Gasteiger partial charge on any atom is 0.137 e. The van der Waals surface area contributed by atoms with Crippen molar-refractivity contribution in [3.63, 3.8) is 0 Å². The van der Waals surface area contributed by atoms with Crippen LogP contribution in [0.1, 0.15) is 33.5 Å². The minimum Gasteiger partial charge on any atom is -0.355 e. The van der Waals surface area contributed by atoms with Gasteiger partial charge in [0, 0.05) is 35.6 Å². The topological polar surface area (TPSA) is 29.0 Å². The second-order valence-corrected chi connectivity index (χ2v) is 7.68. The van der Waals surface area contributed by atoms with Crippen molar-refractivity contribution >= 4 is 29.2 Å². The number of thioether (sulfide) groups is 1. The Labute approximate surface area is 118 Å². The molecule has 0 radical (unpaired) electrons. The van der Waals surface area contributed by atoms with Crippen molar-refractivity contribution in [1.29, 1.82) is 0 Å². The lowest BCUT2D eigenvalue weighted by molar-refractivity contribution is 0.543. The molecule has 18 heavy (non-hydrogen) atoms. The van der Waals surface area contributed by atoms with E-state index in [1.165, 1.54) is 0 Å². The molecule has 1 aliphatic heterocycles. The van der Waals surface area contributed by atoms with Gasteiger partial charge in [0.15, 0.2) is 0 Å². The molecule has 1 atom stereocenters. The van der Waals surface area contributed by atoms with Gasteiger partial charge in [0.2, 0.25) is 0 Å². The van der Waals surface area contributed by atoms with Crippen LogP contribution in [-0.2, 0) is 5.41 Å². The first-order valence-electron chi connectivity index (χ1n) is 6.28. The van der Waals surface area contributed by atoms with Crippen LogP contribution in [0.5, 0.6) is 0 Å².